The molecule has 0 aliphatic carbocycles. The molecule has 6 heteroatoms. The van der Waals surface area contributed by atoms with Crippen molar-refractivity contribution in [2.24, 2.45) is 5.10 Å². The summed E-state index contributed by atoms with van der Waals surface area (Å²) in [5.74, 6) is 0.698. The number of anilines is 1. The normalized spacial score (nSPS) is 11.2. The smallest absolute Gasteiger partial charge is 0.158 e. The van der Waals surface area contributed by atoms with Crippen molar-refractivity contribution in [3.05, 3.63) is 72.8 Å². The second-order valence-corrected chi connectivity index (χ2v) is 6.10. The van der Waals surface area contributed by atoms with Gasteiger partial charge < -0.3 is 0 Å². The highest BCUT2D eigenvalue weighted by atomic mass is 32.1. The maximum Gasteiger partial charge on any atom is 0.158 e. The van der Waals surface area contributed by atoms with Crippen LogP contribution in [-0.2, 0) is 0 Å². The van der Waals surface area contributed by atoms with Gasteiger partial charge in [-0.3, -0.25) is 10.4 Å². The van der Waals surface area contributed by atoms with Crippen molar-refractivity contribution in [2.45, 2.75) is 0 Å². The molecule has 0 saturated carbocycles. The van der Waals surface area contributed by atoms with E-state index in [1.807, 2.05) is 30.3 Å². The van der Waals surface area contributed by atoms with Crippen molar-refractivity contribution in [3.63, 3.8) is 0 Å². The molecule has 1 N–H and O–H groups in total. The molecule has 0 aliphatic rings. The third kappa shape index (κ3) is 3.00. The first kappa shape index (κ1) is 14.5. The molecule has 4 rings (SSSR count). The molecule has 116 valence electrons. The Morgan fingerprint density at radius 1 is 1.00 bits per heavy atom. The SMILES string of the molecule is C(=N\Nc1ncnc2sc(-c3ccccc3)cc12)/c1ccncc1. The lowest BCUT2D eigenvalue weighted by Gasteiger charge is -1.99. The lowest BCUT2D eigenvalue weighted by atomic mass is 10.2. The number of benzene rings is 1. The average Bonchev–Trinajstić information content (AvgIpc) is 3.09. The lowest BCUT2D eigenvalue weighted by molar-refractivity contribution is 1.19. The van der Waals surface area contributed by atoms with Crippen LogP contribution < -0.4 is 5.43 Å². The Labute approximate surface area is 142 Å². The number of hydrogen-bond acceptors (Lipinski definition) is 6. The van der Waals surface area contributed by atoms with Crippen molar-refractivity contribution >= 4 is 33.6 Å². The largest absolute Gasteiger partial charge is 0.265 e. The Morgan fingerprint density at radius 2 is 1.83 bits per heavy atom. The van der Waals surface area contributed by atoms with Crippen molar-refractivity contribution in [3.8, 4) is 10.4 Å². The summed E-state index contributed by atoms with van der Waals surface area (Å²) >= 11 is 1.64. The fraction of sp³-hybridized carbons (Fsp3) is 0. The van der Waals surface area contributed by atoms with Crippen LogP contribution >= 0.6 is 11.3 Å². The third-order valence-corrected chi connectivity index (χ3v) is 4.57. The van der Waals surface area contributed by atoms with E-state index < -0.39 is 0 Å². The third-order valence-electron chi connectivity index (χ3n) is 3.48. The van der Waals surface area contributed by atoms with Crippen LogP contribution in [0.2, 0.25) is 0 Å². The van der Waals surface area contributed by atoms with Crippen LogP contribution in [0.15, 0.2) is 72.4 Å². The van der Waals surface area contributed by atoms with Gasteiger partial charge in [-0.25, -0.2) is 9.97 Å². The number of thiophene rings is 1. The molecule has 4 aromatic rings. The predicted octanol–water partition coefficient (Wildman–Crippen LogP) is 4.20. The number of pyridine rings is 1. The van der Waals surface area contributed by atoms with Gasteiger partial charge in [0.2, 0.25) is 0 Å². The topological polar surface area (TPSA) is 63.1 Å². The van der Waals surface area contributed by atoms with Crippen molar-refractivity contribution in [2.75, 3.05) is 5.43 Å². The number of rotatable bonds is 4. The van der Waals surface area contributed by atoms with Gasteiger partial charge in [-0.05, 0) is 29.3 Å². The van der Waals surface area contributed by atoms with Gasteiger partial charge in [-0.2, -0.15) is 5.10 Å². The van der Waals surface area contributed by atoms with Crippen LogP contribution in [-0.4, -0.2) is 21.2 Å². The van der Waals surface area contributed by atoms with Gasteiger partial charge in [0, 0.05) is 17.3 Å². The molecule has 3 aromatic heterocycles. The molecule has 0 saturated heterocycles. The van der Waals surface area contributed by atoms with E-state index in [1.54, 1.807) is 36.3 Å². The number of hydrazone groups is 1. The summed E-state index contributed by atoms with van der Waals surface area (Å²) in [7, 11) is 0. The highest BCUT2D eigenvalue weighted by Gasteiger charge is 2.09. The average molecular weight is 331 g/mol. The van der Waals surface area contributed by atoms with Gasteiger partial charge in [0.1, 0.15) is 11.2 Å². The number of hydrogen-bond donors (Lipinski definition) is 1. The highest BCUT2D eigenvalue weighted by molar-refractivity contribution is 7.21. The first-order valence-corrected chi connectivity index (χ1v) is 8.21. The Kier molecular flexibility index (Phi) is 3.95. The lowest BCUT2D eigenvalue weighted by Crippen LogP contribution is -1.94. The summed E-state index contributed by atoms with van der Waals surface area (Å²) in [4.78, 5) is 14.7. The van der Waals surface area contributed by atoms with E-state index in [1.165, 1.54) is 5.56 Å². The molecule has 0 fully saturated rings. The summed E-state index contributed by atoms with van der Waals surface area (Å²) in [6.45, 7) is 0. The maximum atomic E-state index is 4.36. The van der Waals surface area contributed by atoms with Crippen LogP contribution in [0.4, 0.5) is 5.82 Å². The van der Waals surface area contributed by atoms with E-state index in [0.29, 0.717) is 5.82 Å². The van der Waals surface area contributed by atoms with Crippen LogP contribution in [0.5, 0.6) is 0 Å². The van der Waals surface area contributed by atoms with Crippen LogP contribution in [0.1, 0.15) is 5.56 Å². The van der Waals surface area contributed by atoms with E-state index in [0.717, 1.165) is 20.7 Å². The summed E-state index contributed by atoms with van der Waals surface area (Å²) < 4.78 is 0. The van der Waals surface area contributed by atoms with E-state index in [2.05, 4.69) is 43.7 Å². The first-order chi connectivity index (χ1) is 11.9. The number of nitrogens with zero attached hydrogens (tertiary/aromatic N) is 4. The van der Waals surface area contributed by atoms with E-state index >= 15 is 0 Å². The fourth-order valence-electron chi connectivity index (χ4n) is 2.31. The van der Waals surface area contributed by atoms with Crippen molar-refractivity contribution in [1.29, 1.82) is 0 Å². The van der Waals surface area contributed by atoms with E-state index in [-0.39, 0.29) is 0 Å². The van der Waals surface area contributed by atoms with Crippen molar-refractivity contribution in [1.82, 2.24) is 15.0 Å². The molecular weight excluding hydrogens is 318 g/mol. The number of fused-ring (bicyclic) bond motifs is 1. The molecule has 0 bridgehead atoms. The first-order valence-electron chi connectivity index (χ1n) is 7.39. The molecule has 3 heterocycles. The molecule has 0 radical (unpaired) electrons. The van der Waals surface area contributed by atoms with Crippen LogP contribution in [0.3, 0.4) is 0 Å². The number of nitrogens with one attached hydrogen (secondary N) is 1. The summed E-state index contributed by atoms with van der Waals surface area (Å²) in [6, 6.07) is 16.1. The molecule has 0 atom stereocenters. The van der Waals surface area contributed by atoms with E-state index in [9.17, 15) is 0 Å². The van der Waals surface area contributed by atoms with Crippen LogP contribution in [0.25, 0.3) is 20.7 Å². The number of aromatic nitrogens is 3. The highest BCUT2D eigenvalue weighted by Crippen LogP contribution is 2.34. The Hall–Kier alpha value is -3.12. The minimum atomic E-state index is 0.698. The molecule has 0 unspecified atom stereocenters. The Bertz CT molecular complexity index is 980. The van der Waals surface area contributed by atoms with Gasteiger partial charge in [0.15, 0.2) is 5.82 Å². The second kappa shape index (κ2) is 6.55. The molecule has 0 aliphatic heterocycles. The molecule has 24 heavy (non-hydrogen) atoms. The molecule has 0 amide bonds. The predicted molar refractivity (Wildman–Crippen MR) is 98.3 cm³/mol. The minimum absolute atomic E-state index is 0.698. The van der Waals surface area contributed by atoms with Crippen molar-refractivity contribution < 1.29 is 0 Å². The Morgan fingerprint density at radius 3 is 2.67 bits per heavy atom. The minimum Gasteiger partial charge on any atom is -0.265 e. The second-order valence-electron chi connectivity index (χ2n) is 5.07. The van der Waals surface area contributed by atoms with Gasteiger partial charge >= 0.3 is 0 Å². The van der Waals surface area contributed by atoms with E-state index in [4.69, 9.17) is 0 Å². The maximum absolute atomic E-state index is 4.36. The van der Waals surface area contributed by atoms with Gasteiger partial charge in [0.05, 0.1) is 11.6 Å². The summed E-state index contributed by atoms with van der Waals surface area (Å²) in [5, 5.41) is 5.22. The Balaban J connectivity index is 1.64. The van der Waals surface area contributed by atoms with Crippen LogP contribution in [0, 0.1) is 0 Å². The molecule has 0 spiro atoms. The zero-order valence-electron chi connectivity index (χ0n) is 12.6. The van der Waals surface area contributed by atoms with Gasteiger partial charge in [-0.15, -0.1) is 11.3 Å². The monoisotopic (exact) mass is 331 g/mol. The fourth-order valence-corrected chi connectivity index (χ4v) is 3.31. The quantitative estimate of drug-likeness (QED) is 0.450. The summed E-state index contributed by atoms with van der Waals surface area (Å²) in [5.41, 5.74) is 5.15. The zero-order valence-corrected chi connectivity index (χ0v) is 13.4. The molecule has 5 nitrogen and oxygen atoms in total. The molecule has 1 aromatic carbocycles. The zero-order chi connectivity index (χ0) is 16.2. The standard InChI is InChI=1S/C18H13N5S/c1-2-4-14(5-3-1)16-10-15-17(20-12-21-18(15)24-16)23-22-11-13-6-8-19-9-7-13/h1-12H,(H,20,21,23)/b22-11+. The van der Waals surface area contributed by atoms with Gasteiger partial charge in [0.25, 0.3) is 0 Å². The molecular formula is C18H13N5S. The summed E-state index contributed by atoms with van der Waals surface area (Å²) in [6.07, 6.45) is 6.75. The van der Waals surface area contributed by atoms with Gasteiger partial charge in [-0.1, -0.05) is 30.3 Å².